The summed E-state index contributed by atoms with van der Waals surface area (Å²) in [5, 5.41) is 3.04. The first kappa shape index (κ1) is 15.8. The average Bonchev–Trinajstić information content (AvgIpc) is 2.54. The lowest BCUT2D eigenvalue weighted by molar-refractivity contribution is 0.0760. The summed E-state index contributed by atoms with van der Waals surface area (Å²) in [7, 11) is 3.75. The number of hydrogen-bond donors (Lipinski definition) is 1. The van der Waals surface area contributed by atoms with Crippen molar-refractivity contribution in [2.45, 2.75) is 45.4 Å². The molecular weight excluding hydrogens is 262 g/mol. The van der Waals surface area contributed by atoms with Gasteiger partial charge in [0.1, 0.15) is 5.82 Å². The first-order valence-electron chi connectivity index (χ1n) is 8.08. The third-order valence-electron chi connectivity index (χ3n) is 4.35. The Bertz CT molecular complexity index is 459. The number of anilines is 1. The largest absolute Gasteiger partial charge is 0.373 e. The van der Waals surface area contributed by atoms with E-state index in [0.717, 1.165) is 30.0 Å². The van der Waals surface area contributed by atoms with E-state index in [-0.39, 0.29) is 5.91 Å². The van der Waals surface area contributed by atoms with Crippen molar-refractivity contribution < 1.29 is 4.79 Å². The van der Waals surface area contributed by atoms with Gasteiger partial charge < -0.3 is 10.2 Å². The van der Waals surface area contributed by atoms with Crippen molar-refractivity contribution in [3.63, 3.8) is 0 Å². The third-order valence-corrected chi connectivity index (χ3v) is 4.35. The number of nitrogens with one attached hydrogen (secondary N) is 1. The van der Waals surface area contributed by atoms with Crippen molar-refractivity contribution >= 4 is 11.7 Å². The average molecular weight is 289 g/mol. The molecule has 1 aromatic rings. The highest BCUT2D eigenvalue weighted by Crippen LogP contribution is 2.24. The maximum absolute atomic E-state index is 12.6. The van der Waals surface area contributed by atoms with E-state index < -0.39 is 0 Å². The zero-order valence-corrected chi connectivity index (χ0v) is 13.5. The van der Waals surface area contributed by atoms with E-state index in [1.807, 2.05) is 31.1 Å². The molecule has 1 amide bonds. The minimum atomic E-state index is 0.106. The fraction of sp³-hybridized carbons (Fsp3) is 0.647. The van der Waals surface area contributed by atoms with Gasteiger partial charge in [-0.05, 0) is 37.3 Å². The molecule has 1 fully saturated rings. The second-order valence-electron chi connectivity index (χ2n) is 6.03. The number of carbonyl (C=O) groups is 1. The zero-order chi connectivity index (χ0) is 15.2. The number of hydrogen-bond acceptors (Lipinski definition) is 3. The quantitative estimate of drug-likeness (QED) is 0.904. The molecular formula is C17H27N3O. The van der Waals surface area contributed by atoms with E-state index in [1.54, 1.807) is 0 Å². The molecule has 0 bridgehead atoms. The normalized spacial score (nSPS) is 15.8. The minimum Gasteiger partial charge on any atom is -0.373 e. The van der Waals surface area contributed by atoms with Crippen molar-refractivity contribution in [1.29, 1.82) is 0 Å². The van der Waals surface area contributed by atoms with Crippen molar-refractivity contribution in [3.05, 3.63) is 23.4 Å². The maximum Gasteiger partial charge on any atom is 0.253 e. The molecule has 0 radical (unpaired) electrons. The van der Waals surface area contributed by atoms with E-state index in [1.165, 1.54) is 32.1 Å². The van der Waals surface area contributed by atoms with E-state index in [9.17, 15) is 4.79 Å². The monoisotopic (exact) mass is 289 g/mol. The molecule has 2 rings (SSSR count). The molecule has 21 heavy (non-hydrogen) atoms. The third kappa shape index (κ3) is 4.19. The first-order chi connectivity index (χ1) is 10.1. The highest BCUT2D eigenvalue weighted by atomic mass is 16.2. The van der Waals surface area contributed by atoms with Crippen LogP contribution in [0.3, 0.4) is 0 Å². The van der Waals surface area contributed by atoms with Gasteiger partial charge in [0.25, 0.3) is 5.91 Å². The molecule has 0 aromatic carbocycles. The van der Waals surface area contributed by atoms with Crippen LogP contribution in [0.25, 0.3) is 0 Å². The number of pyridine rings is 1. The predicted molar refractivity (Wildman–Crippen MR) is 86.7 cm³/mol. The standard InChI is InChI=1S/C17H27N3O/c1-4-15-10-14(11-16(18-2)19-15)17(21)20(3)12-13-8-6-5-7-9-13/h10-11,13H,4-9,12H2,1-3H3,(H,18,19). The Labute approximate surface area is 127 Å². The minimum absolute atomic E-state index is 0.106. The Hall–Kier alpha value is -1.58. The number of amides is 1. The van der Waals surface area contributed by atoms with Gasteiger partial charge >= 0.3 is 0 Å². The number of nitrogens with zero attached hydrogens (tertiary/aromatic N) is 2. The van der Waals surface area contributed by atoms with Crippen LogP contribution < -0.4 is 5.32 Å². The van der Waals surface area contributed by atoms with Crippen LogP contribution in [0.2, 0.25) is 0 Å². The molecule has 0 aliphatic heterocycles. The summed E-state index contributed by atoms with van der Waals surface area (Å²) in [6.45, 7) is 2.93. The van der Waals surface area contributed by atoms with Gasteiger partial charge in [0.2, 0.25) is 0 Å². The van der Waals surface area contributed by atoms with Crippen LogP contribution in [0, 0.1) is 5.92 Å². The van der Waals surface area contributed by atoms with Gasteiger partial charge in [0.05, 0.1) is 0 Å². The van der Waals surface area contributed by atoms with Crippen LogP contribution in [-0.2, 0) is 6.42 Å². The van der Waals surface area contributed by atoms with E-state index >= 15 is 0 Å². The van der Waals surface area contributed by atoms with Crippen LogP contribution in [0.4, 0.5) is 5.82 Å². The molecule has 1 aliphatic carbocycles. The lowest BCUT2D eigenvalue weighted by atomic mass is 9.89. The lowest BCUT2D eigenvalue weighted by Gasteiger charge is -2.27. The Kier molecular flexibility index (Phi) is 5.59. The van der Waals surface area contributed by atoms with E-state index in [2.05, 4.69) is 17.2 Å². The fourth-order valence-electron chi connectivity index (χ4n) is 3.08. The Morgan fingerprint density at radius 3 is 2.67 bits per heavy atom. The van der Waals surface area contributed by atoms with Gasteiger partial charge in [0.15, 0.2) is 0 Å². The summed E-state index contributed by atoms with van der Waals surface area (Å²) >= 11 is 0. The smallest absolute Gasteiger partial charge is 0.253 e. The van der Waals surface area contributed by atoms with Crippen LogP contribution in [0.5, 0.6) is 0 Å². The van der Waals surface area contributed by atoms with Crippen molar-refractivity contribution in [2.75, 3.05) is 26.0 Å². The summed E-state index contributed by atoms with van der Waals surface area (Å²) < 4.78 is 0. The molecule has 0 unspecified atom stereocenters. The van der Waals surface area contributed by atoms with Crippen molar-refractivity contribution in [3.8, 4) is 0 Å². The van der Waals surface area contributed by atoms with E-state index in [4.69, 9.17) is 0 Å². The summed E-state index contributed by atoms with van der Waals surface area (Å²) in [5.41, 5.74) is 1.70. The molecule has 4 nitrogen and oxygen atoms in total. The van der Waals surface area contributed by atoms with Crippen LogP contribution >= 0.6 is 0 Å². The number of carbonyl (C=O) groups excluding carboxylic acids is 1. The maximum atomic E-state index is 12.6. The number of aryl methyl sites for hydroxylation is 1. The first-order valence-corrected chi connectivity index (χ1v) is 8.08. The highest BCUT2D eigenvalue weighted by Gasteiger charge is 2.20. The summed E-state index contributed by atoms with van der Waals surface area (Å²) in [4.78, 5) is 19.0. The molecule has 1 aromatic heterocycles. The van der Waals surface area contributed by atoms with Gasteiger partial charge in [-0.15, -0.1) is 0 Å². The molecule has 0 atom stereocenters. The second-order valence-corrected chi connectivity index (χ2v) is 6.03. The molecule has 1 saturated carbocycles. The van der Waals surface area contributed by atoms with Crippen molar-refractivity contribution in [1.82, 2.24) is 9.88 Å². The van der Waals surface area contributed by atoms with E-state index in [0.29, 0.717) is 5.92 Å². The SMILES string of the molecule is CCc1cc(C(=O)N(C)CC2CCCCC2)cc(NC)n1. The molecule has 4 heteroatoms. The van der Waals surface area contributed by atoms with Crippen LogP contribution in [0.1, 0.15) is 55.1 Å². The Morgan fingerprint density at radius 1 is 1.33 bits per heavy atom. The Morgan fingerprint density at radius 2 is 2.05 bits per heavy atom. The van der Waals surface area contributed by atoms with Crippen LogP contribution in [-0.4, -0.2) is 36.4 Å². The second kappa shape index (κ2) is 7.43. The fourth-order valence-corrected chi connectivity index (χ4v) is 3.08. The van der Waals surface area contributed by atoms with Gasteiger partial charge in [0, 0.05) is 31.9 Å². The predicted octanol–water partition coefficient (Wildman–Crippen LogP) is 3.34. The molecule has 116 valence electrons. The molecule has 0 spiro atoms. The topological polar surface area (TPSA) is 45.2 Å². The van der Waals surface area contributed by atoms with Gasteiger partial charge in [-0.3, -0.25) is 4.79 Å². The lowest BCUT2D eigenvalue weighted by Crippen LogP contribution is -2.32. The van der Waals surface area contributed by atoms with Gasteiger partial charge in [-0.25, -0.2) is 4.98 Å². The zero-order valence-electron chi connectivity index (χ0n) is 13.5. The number of rotatable bonds is 5. The van der Waals surface area contributed by atoms with Crippen molar-refractivity contribution in [2.24, 2.45) is 5.92 Å². The van der Waals surface area contributed by atoms with Gasteiger partial charge in [-0.1, -0.05) is 26.2 Å². The van der Waals surface area contributed by atoms with Crippen LogP contribution in [0.15, 0.2) is 12.1 Å². The Balaban J connectivity index is 2.07. The number of aromatic nitrogens is 1. The summed E-state index contributed by atoms with van der Waals surface area (Å²) in [5.74, 6) is 1.54. The van der Waals surface area contributed by atoms with Gasteiger partial charge in [-0.2, -0.15) is 0 Å². The molecule has 0 saturated heterocycles. The highest BCUT2D eigenvalue weighted by molar-refractivity contribution is 5.94. The molecule has 1 aliphatic rings. The molecule has 1 N–H and O–H groups in total. The molecule has 1 heterocycles. The summed E-state index contributed by atoms with van der Waals surface area (Å²) in [6, 6.07) is 3.76. The summed E-state index contributed by atoms with van der Waals surface area (Å²) in [6.07, 6.45) is 7.33.